The van der Waals surface area contributed by atoms with Crippen LogP contribution in [0.5, 0.6) is 0 Å². The minimum Gasteiger partial charge on any atom is -0.352 e. The third-order valence-corrected chi connectivity index (χ3v) is 5.29. The van der Waals surface area contributed by atoms with Crippen LogP contribution in [0.3, 0.4) is 0 Å². The van der Waals surface area contributed by atoms with Crippen LogP contribution in [0.15, 0.2) is 48.5 Å². The topological polar surface area (TPSA) is 32.3 Å². The second kappa shape index (κ2) is 5.99. The van der Waals surface area contributed by atoms with E-state index in [1.165, 1.54) is 5.56 Å². The standard InChI is InChI=1S/C19H19ClN2O/c20-17-8-4-7-15-18(17)16-12-22(10-13-5-2-1-3-6-13)11-14(16)9-21-19(15)23/h1-8,14,16H,9-12H2,(H,21,23)/t14-,16-/m1/s1. The Hall–Kier alpha value is -1.84. The van der Waals surface area contributed by atoms with Crippen molar-refractivity contribution in [2.45, 2.75) is 12.5 Å². The molecule has 0 aromatic heterocycles. The zero-order valence-electron chi connectivity index (χ0n) is 12.8. The summed E-state index contributed by atoms with van der Waals surface area (Å²) < 4.78 is 0. The van der Waals surface area contributed by atoms with Crippen LogP contribution in [0.4, 0.5) is 0 Å². The van der Waals surface area contributed by atoms with Crippen LogP contribution >= 0.6 is 11.6 Å². The zero-order valence-corrected chi connectivity index (χ0v) is 13.6. The Bertz CT molecular complexity index is 731. The van der Waals surface area contributed by atoms with Gasteiger partial charge in [0.25, 0.3) is 5.91 Å². The van der Waals surface area contributed by atoms with E-state index in [0.717, 1.165) is 42.3 Å². The highest BCUT2D eigenvalue weighted by molar-refractivity contribution is 6.32. The smallest absolute Gasteiger partial charge is 0.251 e. The van der Waals surface area contributed by atoms with Gasteiger partial charge in [0.15, 0.2) is 0 Å². The minimum absolute atomic E-state index is 0.00603. The van der Waals surface area contributed by atoms with Crippen molar-refractivity contribution in [3.8, 4) is 0 Å². The molecule has 23 heavy (non-hydrogen) atoms. The van der Waals surface area contributed by atoms with Gasteiger partial charge in [0.1, 0.15) is 0 Å². The molecule has 118 valence electrons. The number of hydrogen-bond acceptors (Lipinski definition) is 2. The van der Waals surface area contributed by atoms with Gasteiger partial charge in [-0.25, -0.2) is 0 Å². The van der Waals surface area contributed by atoms with Crippen LogP contribution in [-0.4, -0.2) is 30.4 Å². The van der Waals surface area contributed by atoms with Crippen molar-refractivity contribution < 1.29 is 4.79 Å². The minimum atomic E-state index is 0.00603. The first-order valence-corrected chi connectivity index (χ1v) is 8.43. The molecule has 4 rings (SSSR count). The van der Waals surface area contributed by atoms with Crippen molar-refractivity contribution in [2.24, 2.45) is 5.92 Å². The normalized spacial score (nSPS) is 23.8. The van der Waals surface area contributed by atoms with Crippen LogP contribution in [0.2, 0.25) is 5.02 Å². The summed E-state index contributed by atoms with van der Waals surface area (Å²) in [6, 6.07) is 16.2. The number of carbonyl (C=O) groups excluding carboxylic acids is 1. The number of halogens is 1. The number of amides is 1. The Kier molecular flexibility index (Phi) is 3.83. The van der Waals surface area contributed by atoms with Crippen molar-refractivity contribution >= 4 is 17.5 Å². The second-order valence-electron chi connectivity index (χ2n) is 6.46. The molecule has 0 unspecified atom stereocenters. The fourth-order valence-electron chi connectivity index (χ4n) is 3.90. The highest BCUT2D eigenvalue weighted by Gasteiger charge is 2.39. The van der Waals surface area contributed by atoms with Gasteiger partial charge >= 0.3 is 0 Å². The largest absolute Gasteiger partial charge is 0.352 e. The maximum Gasteiger partial charge on any atom is 0.251 e. The van der Waals surface area contributed by atoms with Crippen molar-refractivity contribution in [1.29, 1.82) is 0 Å². The van der Waals surface area contributed by atoms with E-state index in [4.69, 9.17) is 11.6 Å². The molecule has 2 aliphatic rings. The number of hydrogen-bond donors (Lipinski definition) is 1. The summed E-state index contributed by atoms with van der Waals surface area (Å²) in [5, 5.41) is 3.78. The number of likely N-dealkylation sites (tertiary alicyclic amines) is 1. The van der Waals surface area contributed by atoms with Gasteiger partial charge in [0.2, 0.25) is 0 Å². The molecule has 1 saturated heterocycles. The Morgan fingerprint density at radius 3 is 2.74 bits per heavy atom. The van der Waals surface area contributed by atoms with Crippen LogP contribution in [0, 0.1) is 5.92 Å². The van der Waals surface area contributed by atoms with E-state index in [-0.39, 0.29) is 5.91 Å². The number of carbonyl (C=O) groups is 1. The Labute approximate surface area is 141 Å². The van der Waals surface area contributed by atoms with E-state index in [9.17, 15) is 4.79 Å². The summed E-state index contributed by atoms with van der Waals surface area (Å²) in [5.41, 5.74) is 3.10. The van der Waals surface area contributed by atoms with Crippen molar-refractivity contribution in [2.75, 3.05) is 19.6 Å². The second-order valence-corrected chi connectivity index (χ2v) is 6.86. The van der Waals surface area contributed by atoms with E-state index in [0.29, 0.717) is 11.8 Å². The fourth-order valence-corrected chi connectivity index (χ4v) is 4.21. The molecule has 2 aromatic carbocycles. The zero-order chi connectivity index (χ0) is 15.8. The molecule has 4 heteroatoms. The first kappa shape index (κ1) is 14.7. The number of benzene rings is 2. The van der Waals surface area contributed by atoms with Gasteiger partial charge in [0, 0.05) is 42.7 Å². The lowest BCUT2D eigenvalue weighted by atomic mass is 9.87. The number of rotatable bonds is 2. The van der Waals surface area contributed by atoms with E-state index in [1.54, 1.807) is 0 Å². The summed E-state index contributed by atoms with van der Waals surface area (Å²) in [6.45, 7) is 3.61. The van der Waals surface area contributed by atoms with Gasteiger partial charge in [-0.2, -0.15) is 0 Å². The molecule has 0 saturated carbocycles. The highest BCUT2D eigenvalue weighted by atomic mass is 35.5. The average molecular weight is 327 g/mol. The molecule has 2 aromatic rings. The molecule has 2 atom stereocenters. The van der Waals surface area contributed by atoms with Crippen molar-refractivity contribution in [3.05, 3.63) is 70.2 Å². The SMILES string of the molecule is O=C1NC[C@@H]2CN(Cc3ccccc3)C[C@H]2c2c(Cl)cccc21. The molecule has 0 spiro atoms. The third kappa shape index (κ3) is 2.75. The van der Waals surface area contributed by atoms with Crippen LogP contribution < -0.4 is 5.32 Å². The molecule has 3 nitrogen and oxygen atoms in total. The van der Waals surface area contributed by atoms with Gasteiger partial charge in [-0.3, -0.25) is 9.69 Å². The Morgan fingerprint density at radius 2 is 1.91 bits per heavy atom. The van der Waals surface area contributed by atoms with Gasteiger partial charge in [-0.15, -0.1) is 0 Å². The van der Waals surface area contributed by atoms with Crippen LogP contribution in [0.25, 0.3) is 0 Å². The Balaban J connectivity index is 1.63. The molecule has 2 heterocycles. The first-order valence-electron chi connectivity index (χ1n) is 8.05. The molecule has 2 aliphatic heterocycles. The summed E-state index contributed by atoms with van der Waals surface area (Å²) in [5.74, 6) is 0.747. The molecule has 1 amide bonds. The van der Waals surface area contributed by atoms with Gasteiger partial charge in [-0.05, 0) is 29.2 Å². The van der Waals surface area contributed by atoms with E-state index in [2.05, 4.69) is 34.5 Å². The van der Waals surface area contributed by atoms with Crippen LogP contribution in [-0.2, 0) is 6.54 Å². The molecule has 0 radical (unpaired) electrons. The maximum atomic E-state index is 12.3. The molecule has 1 fully saturated rings. The van der Waals surface area contributed by atoms with E-state index >= 15 is 0 Å². The third-order valence-electron chi connectivity index (χ3n) is 4.96. The lowest BCUT2D eigenvalue weighted by Crippen LogP contribution is -2.29. The average Bonchev–Trinajstić information content (AvgIpc) is 2.90. The van der Waals surface area contributed by atoms with Gasteiger partial charge in [-0.1, -0.05) is 48.0 Å². The number of nitrogens with one attached hydrogen (secondary N) is 1. The molecular weight excluding hydrogens is 308 g/mol. The predicted molar refractivity (Wildman–Crippen MR) is 91.7 cm³/mol. The number of nitrogens with zero attached hydrogens (tertiary/aromatic N) is 1. The van der Waals surface area contributed by atoms with Gasteiger partial charge in [0.05, 0.1) is 0 Å². The summed E-state index contributed by atoms with van der Waals surface area (Å²) in [4.78, 5) is 14.7. The van der Waals surface area contributed by atoms with Crippen molar-refractivity contribution in [3.63, 3.8) is 0 Å². The fraction of sp³-hybridized carbons (Fsp3) is 0.316. The molecule has 0 aliphatic carbocycles. The predicted octanol–water partition coefficient (Wildman–Crippen LogP) is 3.30. The Morgan fingerprint density at radius 1 is 1.09 bits per heavy atom. The lowest BCUT2D eigenvalue weighted by Gasteiger charge is -2.18. The molecule has 1 N–H and O–H groups in total. The highest BCUT2D eigenvalue weighted by Crippen LogP contribution is 2.40. The molecule has 0 bridgehead atoms. The van der Waals surface area contributed by atoms with E-state index < -0.39 is 0 Å². The summed E-state index contributed by atoms with van der Waals surface area (Å²) >= 11 is 6.46. The quantitative estimate of drug-likeness (QED) is 0.918. The van der Waals surface area contributed by atoms with E-state index in [1.807, 2.05) is 24.3 Å². The molecular formula is C19H19ClN2O. The van der Waals surface area contributed by atoms with Crippen LogP contribution in [0.1, 0.15) is 27.4 Å². The first-order chi connectivity index (χ1) is 11.2. The van der Waals surface area contributed by atoms with Crippen molar-refractivity contribution in [1.82, 2.24) is 10.2 Å². The monoisotopic (exact) mass is 326 g/mol. The summed E-state index contributed by atoms with van der Waals surface area (Å²) in [7, 11) is 0. The summed E-state index contributed by atoms with van der Waals surface area (Å²) in [6.07, 6.45) is 0. The number of fused-ring (bicyclic) bond motifs is 3. The lowest BCUT2D eigenvalue weighted by molar-refractivity contribution is 0.0951. The van der Waals surface area contributed by atoms with Gasteiger partial charge < -0.3 is 5.32 Å². The maximum absolute atomic E-state index is 12.3.